The van der Waals surface area contributed by atoms with Crippen LogP contribution in [0.1, 0.15) is 43.5 Å². The molecular formula is C31H40FN5O6. The quantitative estimate of drug-likeness (QED) is 0.496. The zero-order chi connectivity index (χ0) is 30.2. The van der Waals surface area contributed by atoms with Crippen LogP contribution in [0.15, 0.2) is 30.3 Å². The first-order valence-electron chi connectivity index (χ1n) is 15.1. The van der Waals surface area contributed by atoms with Crippen molar-refractivity contribution in [1.82, 2.24) is 19.7 Å². The molecule has 43 heavy (non-hydrogen) atoms. The first kappa shape index (κ1) is 29.7. The van der Waals surface area contributed by atoms with Gasteiger partial charge in [-0.3, -0.25) is 14.6 Å². The lowest BCUT2D eigenvalue weighted by Crippen LogP contribution is -2.64. The molecule has 12 heteroatoms. The largest absolute Gasteiger partial charge is 0.474 e. The van der Waals surface area contributed by atoms with Crippen LogP contribution >= 0.6 is 0 Å². The van der Waals surface area contributed by atoms with Crippen molar-refractivity contribution >= 4 is 17.7 Å². The molecule has 0 spiro atoms. The molecule has 1 aromatic carbocycles. The Morgan fingerprint density at radius 2 is 1.77 bits per heavy atom. The van der Waals surface area contributed by atoms with Crippen molar-refractivity contribution in [2.75, 3.05) is 50.9 Å². The van der Waals surface area contributed by atoms with E-state index in [1.54, 1.807) is 17.0 Å². The summed E-state index contributed by atoms with van der Waals surface area (Å²) in [5.41, 5.74) is 2.57. The fourth-order valence-electron chi connectivity index (χ4n) is 7.09. The first-order valence-corrected chi connectivity index (χ1v) is 15.1. The number of aliphatic hydroxyl groups excluding tert-OH is 1. The van der Waals surface area contributed by atoms with Gasteiger partial charge < -0.3 is 29.5 Å². The lowest BCUT2D eigenvalue weighted by atomic mass is 10.0. The summed E-state index contributed by atoms with van der Waals surface area (Å²) in [6.07, 6.45) is 1.61. The number of halogens is 1. The van der Waals surface area contributed by atoms with E-state index in [4.69, 9.17) is 9.47 Å². The molecule has 0 radical (unpaired) electrons. The minimum Gasteiger partial charge on any atom is -0.474 e. The molecule has 5 heterocycles. The summed E-state index contributed by atoms with van der Waals surface area (Å²) in [5, 5.41) is 19.9. The van der Waals surface area contributed by atoms with E-state index in [9.17, 15) is 24.2 Å². The van der Waals surface area contributed by atoms with Crippen LogP contribution in [0.5, 0.6) is 5.88 Å². The summed E-state index contributed by atoms with van der Waals surface area (Å²) in [5.74, 6) is -0.148. The number of anilines is 1. The Morgan fingerprint density at radius 3 is 2.44 bits per heavy atom. The first-order chi connectivity index (χ1) is 20.7. The monoisotopic (exact) mass is 597 g/mol. The summed E-state index contributed by atoms with van der Waals surface area (Å²) in [6, 6.07) is 8.01. The normalized spacial score (nSPS) is 27.6. The van der Waals surface area contributed by atoms with Gasteiger partial charge in [0.1, 0.15) is 18.1 Å². The van der Waals surface area contributed by atoms with E-state index in [-0.39, 0.29) is 49.6 Å². The summed E-state index contributed by atoms with van der Waals surface area (Å²) < 4.78 is 25.2. The number of aromatic nitrogens is 1. The van der Waals surface area contributed by atoms with Gasteiger partial charge in [-0.1, -0.05) is 12.1 Å². The molecule has 4 aliphatic heterocycles. The second-order valence-electron chi connectivity index (χ2n) is 12.3. The molecule has 3 fully saturated rings. The van der Waals surface area contributed by atoms with Crippen molar-refractivity contribution in [1.29, 1.82) is 0 Å². The maximum Gasteiger partial charge on any atom is 0.407 e. The second kappa shape index (κ2) is 12.4. The van der Waals surface area contributed by atoms with E-state index >= 15 is 0 Å². The van der Waals surface area contributed by atoms with Crippen LogP contribution in [0.25, 0.3) is 0 Å². The number of carbonyl (C=O) groups excluding carboxylic acids is 1. The van der Waals surface area contributed by atoms with E-state index in [1.165, 1.54) is 17.0 Å². The van der Waals surface area contributed by atoms with Crippen molar-refractivity contribution in [3.63, 3.8) is 0 Å². The van der Waals surface area contributed by atoms with Gasteiger partial charge in [0.15, 0.2) is 0 Å². The fourth-order valence-corrected chi connectivity index (χ4v) is 7.09. The van der Waals surface area contributed by atoms with Crippen LogP contribution in [0.3, 0.4) is 0 Å². The van der Waals surface area contributed by atoms with E-state index in [2.05, 4.69) is 14.8 Å². The number of hydrogen-bond donors (Lipinski definition) is 2. The molecule has 1 aromatic heterocycles. The Morgan fingerprint density at radius 1 is 1.05 bits per heavy atom. The number of hydrogen-bond acceptors (Lipinski definition) is 8. The topological polar surface area (TPSA) is 119 Å². The van der Waals surface area contributed by atoms with Crippen molar-refractivity contribution < 1.29 is 33.7 Å². The molecule has 2 aromatic rings. The van der Waals surface area contributed by atoms with Crippen LogP contribution in [-0.2, 0) is 22.6 Å². The van der Waals surface area contributed by atoms with Crippen LogP contribution in [0.2, 0.25) is 0 Å². The molecule has 3 saturated heterocycles. The molecule has 2 unspecified atom stereocenters. The molecule has 0 aliphatic carbocycles. The van der Waals surface area contributed by atoms with Crippen LogP contribution < -0.4 is 9.64 Å². The molecule has 2 N–H and O–H groups in total. The lowest BCUT2D eigenvalue weighted by molar-refractivity contribution is -0.122. The highest BCUT2D eigenvalue weighted by Crippen LogP contribution is 2.36. The summed E-state index contributed by atoms with van der Waals surface area (Å²) in [6.45, 7) is 6.74. The van der Waals surface area contributed by atoms with Gasteiger partial charge in [0, 0.05) is 43.8 Å². The molecule has 0 saturated carbocycles. The number of fused-ring (bicyclic) bond motifs is 3. The van der Waals surface area contributed by atoms with E-state index < -0.39 is 6.09 Å². The second-order valence-corrected chi connectivity index (χ2v) is 12.3. The van der Waals surface area contributed by atoms with Crippen LogP contribution in [-0.4, -0.2) is 118 Å². The maximum absolute atomic E-state index is 14.1. The molecule has 5 atom stereocenters. The van der Waals surface area contributed by atoms with Gasteiger partial charge >= 0.3 is 6.09 Å². The van der Waals surface area contributed by atoms with Crippen molar-refractivity contribution in [2.45, 2.75) is 69.9 Å². The zero-order valence-corrected chi connectivity index (χ0v) is 24.7. The van der Waals surface area contributed by atoms with Crippen molar-refractivity contribution in [3.8, 4) is 5.88 Å². The average Bonchev–Trinajstić information content (AvgIpc) is 3.18. The molecule has 6 rings (SSSR count). The fraction of sp³-hybridized carbons (Fsp3) is 0.581. The number of morpholine rings is 1. The highest BCUT2D eigenvalue weighted by Gasteiger charge is 2.43. The van der Waals surface area contributed by atoms with Gasteiger partial charge in [-0.15, -0.1) is 0 Å². The van der Waals surface area contributed by atoms with Crippen LogP contribution in [0.4, 0.5) is 14.9 Å². The minimum atomic E-state index is -0.941. The smallest absolute Gasteiger partial charge is 0.407 e. The number of benzene rings is 1. The van der Waals surface area contributed by atoms with Gasteiger partial charge in [0.25, 0.3) is 0 Å². The summed E-state index contributed by atoms with van der Waals surface area (Å²) in [4.78, 5) is 38.6. The van der Waals surface area contributed by atoms with Gasteiger partial charge in [-0.05, 0) is 62.4 Å². The third-order valence-electron chi connectivity index (χ3n) is 9.38. The third kappa shape index (κ3) is 6.06. The number of ether oxygens (including phenoxy) is 2. The highest BCUT2D eigenvalue weighted by molar-refractivity contribution is 5.97. The predicted molar refractivity (Wildman–Crippen MR) is 156 cm³/mol. The third-order valence-corrected chi connectivity index (χ3v) is 9.38. The van der Waals surface area contributed by atoms with E-state index in [1.807, 2.05) is 19.9 Å². The Bertz CT molecular complexity index is 1330. The summed E-state index contributed by atoms with van der Waals surface area (Å²) >= 11 is 0. The number of nitrogens with zero attached hydrogens (tertiary/aromatic N) is 5. The van der Waals surface area contributed by atoms with E-state index in [0.29, 0.717) is 68.6 Å². The molecule has 2 bridgehead atoms. The SMILES string of the molecule is C[C@@H]1CN(CC(=O)N2c3cc(Cc4ccc(F)cc4)c(CO)nc3OC[C@@H]2C)[C@@H](CN2C3CCC2COC3)CN1C(=O)O. The van der Waals surface area contributed by atoms with Gasteiger partial charge in [-0.2, -0.15) is 0 Å². The van der Waals surface area contributed by atoms with Gasteiger partial charge in [-0.25, -0.2) is 14.2 Å². The Hall–Kier alpha value is -3.32. The van der Waals surface area contributed by atoms with Crippen LogP contribution in [0, 0.1) is 5.82 Å². The number of carbonyl (C=O) groups is 2. The summed E-state index contributed by atoms with van der Waals surface area (Å²) in [7, 11) is 0. The zero-order valence-electron chi connectivity index (χ0n) is 24.7. The highest BCUT2D eigenvalue weighted by atomic mass is 19.1. The van der Waals surface area contributed by atoms with Crippen molar-refractivity contribution in [3.05, 3.63) is 53.0 Å². The lowest BCUT2D eigenvalue weighted by Gasteiger charge is -2.47. The number of pyridine rings is 1. The number of rotatable bonds is 7. The standard InChI is InChI=1S/C31H40FN5O6/c1-19-11-34(26(12-35(19)31(40)41)13-36-24-7-8-25(36)18-42-17-24)14-29(39)37-20(2)16-43-30-28(37)10-22(27(15-38)33-30)9-21-3-5-23(32)6-4-21/h3-6,10,19-20,24-26,38H,7-9,11-18H2,1-2H3,(H,40,41)/t19-,20+,24?,25?,26-/m1/s1. The Labute approximate surface area is 250 Å². The number of aliphatic hydroxyl groups is 1. The number of amides is 2. The minimum absolute atomic E-state index is 0.116. The van der Waals surface area contributed by atoms with Crippen molar-refractivity contribution in [2.24, 2.45) is 0 Å². The molecule has 4 aliphatic rings. The van der Waals surface area contributed by atoms with Gasteiger partial charge in [0.05, 0.1) is 38.1 Å². The molecule has 232 valence electrons. The molecule has 2 amide bonds. The average molecular weight is 598 g/mol. The number of carboxylic acid groups (broad SMARTS) is 1. The number of piperazine rings is 1. The Balaban J connectivity index is 1.25. The predicted octanol–water partition coefficient (Wildman–Crippen LogP) is 2.33. The Kier molecular flexibility index (Phi) is 8.54. The molecular weight excluding hydrogens is 557 g/mol. The molecule has 11 nitrogen and oxygen atoms in total. The van der Waals surface area contributed by atoms with Gasteiger partial charge in [0.2, 0.25) is 11.8 Å². The van der Waals surface area contributed by atoms with E-state index in [0.717, 1.165) is 24.0 Å². The maximum atomic E-state index is 14.1.